The minimum absolute atomic E-state index is 0.0188. The average Bonchev–Trinajstić information content (AvgIpc) is 2.74. The van der Waals surface area contributed by atoms with Crippen LogP contribution in [0.1, 0.15) is 28.3 Å². The van der Waals surface area contributed by atoms with Gasteiger partial charge in [-0.2, -0.15) is 0 Å². The molecule has 0 aliphatic carbocycles. The van der Waals surface area contributed by atoms with Gasteiger partial charge in [0.05, 0.1) is 12.6 Å². The molecule has 0 saturated heterocycles. The van der Waals surface area contributed by atoms with Crippen molar-refractivity contribution in [3.05, 3.63) is 101 Å². The molecular formula is C25H29N3O. The summed E-state index contributed by atoms with van der Waals surface area (Å²) in [5, 5.41) is 6.41. The van der Waals surface area contributed by atoms with Crippen LogP contribution in [0.15, 0.2) is 78.9 Å². The number of carbonyl (C=O) groups is 1. The second-order valence-electron chi connectivity index (χ2n) is 7.47. The summed E-state index contributed by atoms with van der Waals surface area (Å²) < 4.78 is 0. The molecule has 4 heteroatoms. The molecule has 0 unspecified atom stereocenters. The Bertz CT molecular complexity index is 903. The van der Waals surface area contributed by atoms with Crippen molar-refractivity contribution in [2.45, 2.75) is 19.5 Å². The van der Waals surface area contributed by atoms with Crippen molar-refractivity contribution in [3.8, 4) is 0 Å². The van der Waals surface area contributed by atoms with E-state index in [9.17, 15) is 4.79 Å². The molecule has 0 bridgehead atoms. The standard InChI is InChI=1S/C25H29N3O/c1-19-9-13-22(14-10-19)25(21-7-5-4-6-8-21)27-18-24(29)26-17-20-11-15-23(16-12-20)28(2)3/h4-16,25,27H,17-18H2,1-3H3,(H,26,29)/t25-/m0/s1. The lowest BCUT2D eigenvalue weighted by atomic mass is 9.98. The van der Waals surface area contributed by atoms with Crippen LogP contribution in [0.3, 0.4) is 0 Å². The van der Waals surface area contributed by atoms with Crippen LogP contribution < -0.4 is 15.5 Å². The van der Waals surface area contributed by atoms with Crippen molar-refractivity contribution >= 4 is 11.6 Å². The number of hydrogen-bond acceptors (Lipinski definition) is 3. The van der Waals surface area contributed by atoms with Gasteiger partial charge in [0.1, 0.15) is 0 Å². The second-order valence-corrected chi connectivity index (χ2v) is 7.47. The Balaban J connectivity index is 1.60. The Morgan fingerprint density at radius 3 is 2.10 bits per heavy atom. The number of nitrogens with one attached hydrogen (secondary N) is 2. The van der Waals surface area contributed by atoms with Crippen LogP contribution in [0.2, 0.25) is 0 Å². The zero-order valence-electron chi connectivity index (χ0n) is 17.4. The van der Waals surface area contributed by atoms with Gasteiger partial charge in [-0.1, -0.05) is 72.3 Å². The number of hydrogen-bond donors (Lipinski definition) is 2. The maximum Gasteiger partial charge on any atom is 0.234 e. The summed E-state index contributed by atoms with van der Waals surface area (Å²) in [5.74, 6) is -0.0188. The third-order valence-corrected chi connectivity index (χ3v) is 4.95. The normalized spacial score (nSPS) is 11.7. The molecule has 0 heterocycles. The summed E-state index contributed by atoms with van der Waals surface area (Å²) in [6.45, 7) is 2.85. The molecule has 0 radical (unpaired) electrons. The van der Waals surface area contributed by atoms with Gasteiger partial charge in [-0.3, -0.25) is 10.1 Å². The highest BCUT2D eigenvalue weighted by atomic mass is 16.1. The van der Waals surface area contributed by atoms with Crippen LogP contribution in [0.4, 0.5) is 5.69 Å². The lowest BCUT2D eigenvalue weighted by molar-refractivity contribution is -0.120. The number of benzene rings is 3. The number of rotatable bonds is 8. The highest BCUT2D eigenvalue weighted by Crippen LogP contribution is 2.22. The highest BCUT2D eigenvalue weighted by Gasteiger charge is 2.14. The quantitative estimate of drug-likeness (QED) is 0.613. The van der Waals surface area contributed by atoms with Crippen molar-refractivity contribution in [1.82, 2.24) is 10.6 Å². The molecule has 0 aromatic heterocycles. The first-order valence-corrected chi connectivity index (χ1v) is 9.91. The lowest BCUT2D eigenvalue weighted by Gasteiger charge is -2.20. The Morgan fingerprint density at radius 1 is 0.862 bits per heavy atom. The molecule has 0 saturated carbocycles. The zero-order valence-corrected chi connectivity index (χ0v) is 17.4. The number of anilines is 1. The Morgan fingerprint density at radius 2 is 1.48 bits per heavy atom. The Labute approximate surface area is 173 Å². The van der Waals surface area contributed by atoms with E-state index in [1.165, 1.54) is 5.56 Å². The van der Waals surface area contributed by atoms with E-state index in [-0.39, 0.29) is 18.5 Å². The fourth-order valence-electron chi connectivity index (χ4n) is 3.20. The lowest BCUT2D eigenvalue weighted by Crippen LogP contribution is -2.35. The predicted molar refractivity (Wildman–Crippen MR) is 120 cm³/mol. The Kier molecular flexibility index (Phi) is 7.04. The third kappa shape index (κ3) is 5.93. The molecule has 4 nitrogen and oxygen atoms in total. The van der Waals surface area contributed by atoms with E-state index in [2.05, 4.69) is 71.0 Å². The smallest absolute Gasteiger partial charge is 0.234 e. The molecular weight excluding hydrogens is 358 g/mol. The van der Waals surface area contributed by atoms with Crippen LogP contribution in [0.25, 0.3) is 0 Å². The number of carbonyl (C=O) groups excluding carboxylic acids is 1. The SMILES string of the molecule is Cc1ccc([C@@H](NCC(=O)NCc2ccc(N(C)C)cc2)c2ccccc2)cc1. The second kappa shape index (κ2) is 9.89. The summed E-state index contributed by atoms with van der Waals surface area (Å²) in [6.07, 6.45) is 0. The van der Waals surface area contributed by atoms with Crippen LogP contribution in [-0.2, 0) is 11.3 Å². The number of amides is 1. The summed E-state index contributed by atoms with van der Waals surface area (Å²) in [7, 11) is 4.03. The fourth-order valence-corrected chi connectivity index (χ4v) is 3.20. The van der Waals surface area contributed by atoms with E-state index in [4.69, 9.17) is 0 Å². The summed E-state index contributed by atoms with van der Waals surface area (Å²) in [4.78, 5) is 14.5. The first-order chi connectivity index (χ1) is 14.0. The largest absolute Gasteiger partial charge is 0.378 e. The molecule has 2 N–H and O–H groups in total. The minimum atomic E-state index is -0.0260. The molecule has 29 heavy (non-hydrogen) atoms. The molecule has 1 atom stereocenters. The summed E-state index contributed by atoms with van der Waals surface area (Å²) in [5.41, 5.74) is 5.74. The van der Waals surface area contributed by atoms with E-state index in [0.717, 1.165) is 22.4 Å². The molecule has 150 valence electrons. The molecule has 3 aromatic carbocycles. The predicted octanol–water partition coefficient (Wildman–Crippen LogP) is 4.06. The Hall–Kier alpha value is -3.11. The van der Waals surface area contributed by atoms with Crippen molar-refractivity contribution < 1.29 is 4.79 Å². The summed E-state index contributed by atoms with van der Waals surface area (Å²) in [6, 6.07) is 26.8. The van der Waals surface area contributed by atoms with Crippen LogP contribution >= 0.6 is 0 Å². The van der Waals surface area contributed by atoms with Crippen molar-refractivity contribution in [2.24, 2.45) is 0 Å². The van der Waals surface area contributed by atoms with Gasteiger partial charge in [0.25, 0.3) is 0 Å². The van der Waals surface area contributed by atoms with Gasteiger partial charge in [-0.05, 0) is 35.7 Å². The maximum absolute atomic E-state index is 12.4. The highest BCUT2D eigenvalue weighted by molar-refractivity contribution is 5.78. The van der Waals surface area contributed by atoms with Crippen molar-refractivity contribution in [3.63, 3.8) is 0 Å². The van der Waals surface area contributed by atoms with E-state index in [1.807, 2.05) is 44.4 Å². The average molecular weight is 388 g/mol. The third-order valence-electron chi connectivity index (χ3n) is 4.95. The van der Waals surface area contributed by atoms with Gasteiger partial charge in [-0.15, -0.1) is 0 Å². The summed E-state index contributed by atoms with van der Waals surface area (Å²) >= 11 is 0. The van der Waals surface area contributed by atoms with E-state index in [0.29, 0.717) is 6.54 Å². The molecule has 0 aliphatic heterocycles. The zero-order chi connectivity index (χ0) is 20.6. The first-order valence-electron chi connectivity index (χ1n) is 9.91. The molecule has 0 fully saturated rings. The monoisotopic (exact) mass is 387 g/mol. The fraction of sp³-hybridized carbons (Fsp3) is 0.240. The van der Waals surface area contributed by atoms with Crippen LogP contribution in [0.5, 0.6) is 0 Å². The van der Waals surface area contributed by atoms with Gasteiger partial charge in [0, 0.05) is 26.3 Å². The molecule has 1 amide bonds. The molecule has 0 aliphatic rings. The van der Waals surface area contributed by atoms with Gasteiger partial charge in [0.15, 0.2) is 0 Å². The van der Waals surface area contributed by atoms with Gasteiger partial charge in [-0.25, -0.2) is 0 Å². The van der Waals surface area contributed by atoms with Crippen LogP contribution in [0, 0.1) is 6.92 Å². The maximum atomic E-state index is 12.4. The van der Waals surface area contributed by atoms with Crippen LogP contribution in [-0.4, -0.2) is 26.5 Å². The first kappa shape index (κ1) is 20.6. The number of nitrogens with zero attached hydrogens (tertiary/aromatic N) is 1. The van der Waals surface area contributed by atoms with Gasteiger partial charge < -0.3 is 10.2 Å². The van der Waals surface area contributed by atoms with Crippen molar-refractivity contribution in [1.29, 1.82) is 0 Å². The molecule has 0 spiro atoms. The number of aryl methyl sites for hydroxylation is 1. The topological polar surface area (TPSA) is 44.4 Å². The van der Waals surface area contributed by atoms with E-state index in [1.54, 1.807) is 0 Å². The van der Waals surface area contributed by atoms with Crippen molar-refractivity contribution in [2.75, 3.05) is 25.5 Å². The molecule has 3 rings (SSSR count). The van der Waals surface area contributed by atoms with Gasteiger partial charge >= 0.3 is 0 Å². The van der Waals surface area contributed by atoms with E-state index >= 15 is 0 Å². The van der Waals surface area contributed by atoms with Gasteiger partial charge in [0.2, 0.25) is 5.91 Å². The molecule has 3 aromatic rings. The van der Waals surface area contributed by atoms with E-state index < -0.39 is 0 Å². The minimum Gasteiger partial charge on any atom is -0.378 e.